The number of anilines is 1. The summed E-state index contributed by atoms with van der Waals surface area (Å²) < 4.78 is 38.0. The molecule has 0 atom stereocenters. The molecule has 3 N–H and O–H groups in total. The first kappa shape index (κ1) is 26.1. The van der Waals surface area contributed by atoms with Gasteiger partial charge in [0.15, 0.2) is 5.75 Å². The zero-order chi connectivity index (χ0) is 26.7. The molecule has 4 aromatic carbocycles. The van der Waals surface area contributed by atoms with E-state index in [2.05, 4.69) is 15.5 Å². The standard InChI is InChI=1S/C26H22ClN3O6S/c1-3-19-22(27)13-18(37(33,34)35)14-23(19)29-30-24-20-10-5-4-7-15(20)11-21(25(24)31)26(32)28-16-8-6-9-17(12-16)36-2/h4-14,31H,3H2,1-2H3,(H,28,32)(H,33,34,35). The molecule has 4 aromatic rings. The fraction of sp³-hybridized carbons (Fsp3) is 0.115. The normalized spacial score (nSPS) is 11.7. The minimum Gasteiger partial charge on any atom is -0.505 e. The summed E-state index contributed by atoms with van der Waals surface area (Å²) in [5, 5.41) is 23.4. The second-order valence-electron chi connectivity index (χ2n) is 7.96. The molecule has 1 amide bonds. The third-order valence-corrected chi connectivity index (χ3v) is 6.79. The average Bonchev–Trinajstić information content (AvgIpc) is 2.87. The smallest absolute Gasteiger partial charge is 0.294 e. The Labute approximate surface area is 218 Å². The fourth-order valence-corrected chi connectivity index (χ4v) is 4.72. The summed E-state index contributed by atoms with van der Waals surface area (Å²) in [5.41, 5.74) is 1.01. The monoisotopic (exact) mass is 539 g/mol. The van der Waals surface area contributed by atoms with Gasteiger partial charge in [-0.3, -0.25) is 9.35 Å². The predicted octanol–water partition coefficient (Wildman–Crippen LogP) is 6.68. The second kappa shape index (κ2) is 10.6. The second-order valence-corrected chi connectivity index (χ2v) is 9.79. The number of aromatic hydroxyl groups is 1. The molecular weight excluding hydrogens is 518 g/mol. The lowest BCUT2D eigenvalue weighted by molar-refractivity contribution is 0.102. The summed E-state index contributed by atoms with van der Waals surface area (Å²) in [7, 11) is -3.04. The van der Waals surface area contributed by atoms with E-state index in [1.54, 1.807) is 55.5 Å². The predicted molar refractivity (Wildman–Crippen MR) is 141 cm³/mol. The van der Waals surface area contributed by atoms with Crippen LogP contribution in [0.3, 0.4) is 0 Å². The molecule has 0 aliphatic carbocycles. The number of hydrogen-bond acceptors (Lipinski definition) is 7. The molecule has 190 valence electrons. The molecule has 0 aliphatic heterocycles. The van der Waals surface area contributed by atoms with Crippen molar-refractivity contribution in [3.8, 4) is 11.5 Å². The number of rotatable bonds is 7. The lowest BCUT2D eigenvalue weighted by atomic mass is 10.0. The number of benzene rings is 4. The highest BCUT2D eigenvalue weighted by molar-refractivity contribution is 7.85. The highest BCUT2D eigenvalue weighted by Gasteiger charge is 2.20. The van der Waals surface area contributed by atoms with E-state index < -0.39 is 26.7 Å². The zero-order valence-corrected chi connectivity index (χ0v) is 21.3. The van der Waals surface area contributed by atoms with Crippen LogP contribution in [0.1, 0.15) is 22.8 Å². The van der Waals surface area contributed by atoms with Gasteiger partial charge in [0.25, 0.3) is 16.0 Å². The number of carbonyl (C=O) groups is 1. The molecule has 0 aromatic heterocycles. The molecule has 0 heterocycles. The van der Waals surface area contributed by atoms with Crippen LogP contribution in [0.25, 0.3) is 10.8 Å². The van der Waals surface area contributed by atoms with Crippen molar-refractivity contribution in [1.82, 2.24) is 0 Å². The highest BCUT2D eigenvalue weighted by Crippen LogP contribution is 2.41. The summed E-state index contributed by atoms with van der Waals surface area (Å²) in [6.45, 7) is 1.80. The van der Waals surface area contributed by atoms with Crippen molar-refractivity contribution >= 4 is 55.5 Å². The van der Waals surface area contributed by atoms with Crippen molar-refractivity contribution in [2.24, 2.45) is 10.2 Å². The fourth-order valence-electron chi connectivity index (χ4n) is 3.78. The number of phenols is 1. The number of amides is 1. The van der Waals surface area contributed by atoms with Crippen molar-refractivity contribution in [2.45, 2.75) is 18.2 Å². The number of hydrogen-bond donors (Lipinski definition) is 3. The number of ether oxygens (including phenoxy) is 1. The molecule has 0 saturated heterocycles. The Hall–Kier alpha value is -3.99. The van der Waals surface area contributed by atoms with Crippen molar-refractivity contribution in [2.75, 3.05) is 12.4 Å². The van der Waals surface area contributed by atoms with E-state index >= 15 is 0 Å². The number of carbonyl (C=O) groups excluding carboxylic acids is 1. The summed E-state index contributed by atoms with van der Waals surface area (Å²) in [4.78, 5) is 12.7. The van der Waals surface area contributed by atoms with Crippen LogP contribution in [0.5, 0.6) is 11.5 Å². The number of halogens is 1. The summed E-state index contributed by atoms with van der Waals surface area (Å²) >= 11 is 6.23. The molecule has 0 unspecified atom stereocenters. The molecule has 0 saturated carbocycles. The molecule has 37 heavy (non-hydrogen) atoms. The van der Waals surface area contributed by atoms with Gasteiger partial charge in [-0.25, -0.2) is 0 Å². The molecule has 9 nitrogen and oxygen atoms in total. The molecule has 0 radical (unpaired) electrons. The van der Waals surface area contributed by atoms with E-state index in [0.717, 1.165) is 12.1 Å². The van der Waals surface area contributed by atoms with Crippen LogP contribution in [-0.4, -0.2) is 31.1 Å². The van der Waals surface area contributed by atoms with E-state index in [9.17, 15) is 22.9 Å². The van der Waals surface area contributed by atoms with E-state index in [1.807, 2.05) is 0 Å². The van der Waals surface area contributed by atoms with Crippen LogP contribution in [0.15, 0.2) is 81.9 Å². The maximum atomic E-state index is 13.1. The average molecular weight is 540 g/mol. The number of methoxy groups -OCH3 is 1. The van der Waals surface area contributed by atoms with Crippen LogP contribution in [0.2, 0.25) is 5.02 Å². The summed E-state index contributed by atoms with van der Waals surface area (Å²) in [5.74, 6) is -0.455. The van der Waals surface area contributed by atoms with Crippen LogP contribution in [0.4, 0.5) is 17.1 Å². The minimum atomic E-state index is -4.55. The Balaban J connectivity index is 1.83. The Kier molecular flexibility index (Phi) is 7.44. The number of nitrogens with zero attached hydrogens (tertiary/aromatic N) is 2. The lowest BCUT2D eigenvalue weighted by Gasteiger charge is -2.12. The van der Waals surface area contributed by atoms with Gasteiger partial charge in [0.1, 0.15) is 11.4 Å². The molecular formula is C26H22ClN3O6S. The van der Waals surface area contributed by atoms with Crippen LogP contribution < -0.4 is 10.1 Å². The molecule has 4 rings (SSSR count). The number of fused-ring (bicyclic) bond motifs is 1. The van der Waals surface area contributed by atoms with Gasteiger partial charge in [-0.2, -0.15) is 13.5 Å². The van der Waals surface area contributed by atoms with E-state index in [-0.39, 0.29) is 22.0 Å². The van der Waals surface area contributed by atoms with Gasteiger partial charge in [0.2, 0.25) is 0 Å². The molecule has 0 aliphatic rings. The van der Waals surface area contributed by atoms with Gasteiger partial charge < -0.3 is 15.2 Å². The van der Waals surface area contributed by atoms with Crippen LogP contribution in [0, 0.1) is 0 Å². The Bertz CT molecular complexity index is 1650. The quantitative estimate of drug-likeness (QED) is 0.177. The number of nitrogens with one attached hydrogen (secondary N) is 1. The Morgan fingerprint density at radius 3 is 2.51 bits per heavy atom. The minimum absolute atomic E-state index is 0.00401. The van der Waals surface area contributed by atoms with Crippen LogP contribution in [-0.2, 0) is 16.5 Å². The number of azo groups is 1. The first-order chi connectivity index (χ1) is 17.6. The van der Waals surface area contributed by atoms with E-state index in [4.69, 9.17) is 16.3 Å². The van der Waals surface area contributed by atoms with Gasteiger partial charge in [-0.05, 0) is 47.7 Å². The third kappa shape index (κ3) is 5.56. The van der Waals surface area contributed by atoms with Crippen molar-refractivity contribution < 1.29 is 27.6 Å². The van der Waals surface area contributed by atoms with Crippen molar-refractivity contribution in [3.63, 3.8) is 0 Å². The topological polar surface area (TPSA) is 138 Å². The SMILES string of the molecule is CCc1c(Cl)cc(S(=O)(=O)O)cc1N=Nc1c(O)c(C(=O)Nc2cccc(OC)c2)cc2ccccc12. The molecule has 0 fully saturated rings. The Morgan fingerprint density at radius 2 is 1.81 bits per heavy atom. The number of phenolic OH excluding ortho intramolecular Hbond substituents is 1. The molecule has 0 spiro atoms. The first-order valence-corrected chi connectivity index (χ1v) is 12.9. The molecule has 11 heteroatoms. The van der Waals surface area contributed by atoms with Gasteiger partial charge in [0.05, 0.1) is 23.3 Å². The van der Waals surface area contributed by atoms with Gasteiger partial charge in [-0.15, -0.1) is 5.11 Å². The van der Waals surface area contributed by atoms with Gasteiger partial charge >= 0.3 is 0 Å². The third-order valence-electron chi connectivity index (χ3n) is 5.62. The maximum absolute atomic E-state index is 13.1. The van der Waals surface area contributed by atoms with E-state index in [1.165, 1.54) is 13.2 Å². The van der Waals surface area contributed by atoms with Crippen LogP contribution >= 0.6 is 11.6 Å². The van der Waals surface area contributed by atoms with Crippen molar-refractivity contribution in [3.05, 3.63) is 82.9 Å². The highest BCUT2D eigenvalue weighted by atomic mass is 35.5. The van der Waals surface area contributed by atoms with Gasteiger partial charge in [0, 0.05) is 22.2 Å². The largest absolute Gasteiger partial charge is 0.505 e. The Morgan fingerprint density at radius 1 is 1.05 bits per heavy atom. The zero-order valence-electron chi connectivity index (χ0n) is 19.8. The first-order valence-electron chi connectivity index (χ1n) is 11.0. The molecule has 0 bridgehead atoms. The van der Waals surface area contributed by atoms with Crippen molar-refractivity contribution in [1.29, 1.82) is 0 Å². The van der Waals surface area contributed by atoms with E-state index in [0.29, 0.717) is 34.2 Å². The summed E-state index contributed by atoms with van der Waals surface area (Å²) in [6, 6.07) is 17.5. The lowest BCUT2D eigenvalue weighted by Crippen LogP contribution is -2.12. The summed E-state index contributed by atoms with van der Waals surface area (Å²) in [6.07, 6.45) is 0.397. The van der Waals surface area contributed by atoms with Gasteiger partial charge in [-0.1, -0.05) is 48.9 Å². The maximum Gasteiger partial charge on any atom is 0.294 e.